The third-order valence-electron chi connectivity index (χ3n) is 2.52. The predicted molar refractivity (Wildman–Crippen MR) is 61.8 cm³/mol. The molecule has 4 heteroatoms. The molecule has 1 nitrogen and oxygen atoms in total. The first-order valence-corrected chi connectivity index (χ1v) is 5.39. The summed E-state index contributed by atoms with van der Waals surface area (Å²) in [6, 6.07) is 7.70. The minimum Gasteiger partial charge on any atom is -0.489 e. The van der Waals surface area contributed by atoms with Crippen molar-refractivity contribution in [3.63, 3.8) is 0 Å². The summed E-state index contributed by atoms with van der Waals surface area (Å²) in [7, 11) is 0. The Morgan fingerprint density at radius 2 is 1.72 bits per heavy atom. The number of hydrogen-bond donors (Lipinski definition) is 0. The largest absolute Gasteiger partial charge is 0.489 e. The summed E-state index contributed by atoms with van der Waals surface area (Å²) in [4.78, 5) is 0. The summed E-state index contributed by atoms with van der Waals surface area (Å²) in [5.41, 5.74) is 1.16. The highest BCUT2D eigenvalue weighted by Crippen LogP contribution is 2.20. The van der Waals surface area contributed by atoms with E-state index >= 15 is 0 Å². The van der Waals surface area contributed by atoms with Gasteiger partial charge in [0.2, 0.25) is 0 Å². The molecule has 2 rings (SSSR count). The molecule has 0 aliphatic carbocycles. The van der Waals surface area contributed by atoms with Gasteiger partial charge >= 0.3 is 0 Å². The summed E-state index contributed by atoms with van der Waals surface area (Å²) >= 11 is 0. The van der Waals surface area contributed by atoms with Gasteiger partial charge in [-0.15, -0.1) is 0 Å². The van der Waals surface area contributed by atoms with Crippen LogP contribution in [0.15, 0.2) is 36.4 Å². The van der Waals surface area contributed by atoms with Crippen LogP contribution in [0.1, 0.15) is 11.1 Å². The molecule has 0 bridgehead atoms. The predicted octanol–water partition coefficient (Wildman–Crippen LogP) is 3.99. The number of hydrogen-bond acceptors (Lipinski definition) is 1. The van der Waals surface area contributed by atoms with Gasteiger partial charge in [0, 0.05) is 0 Å². The van der Waals surface area contributed by atoms with E-state index in [4.69, 9.17) is 4.74 Å². The zero-order valence-corrected chi connectivity index (χ0v) is 9.71. The SMILES string of the molecule is Cc1cc(F)ccc1OCc1ccc(F)c(F)c1. The van der Waals surface area contributed by atoms with E-state index < -0.39 is 11.6 Å². The molecule has 2 aromatic carbocycles. The highest BCUT2D eigenvalue weighted by Gasteiger charge is 2.05. The first kappa shape index (κ1) is 12.5. The summed E-state index contributed by atoms with van der Waals surface area (Å²) in [5.74, 6) is -1.63. The van der Waals surface area contributed by atoms with Crippen LogP contribution in [0, 0.1) is 24.4 Å². The molecule has 0 spiro atoms. The number of halogens is 3. The van der Waals surface area contributed by atoms with Crippen molar-refractivity contribution in [2.45, 2.75) is 13.5 Å². The third-order valence-corrected chi connectivity index (χ3v) is 2.52. The maximum atomic E-state index is 13.0. The smallest absolute Gasteiger partial charge is 0.159 e. The van der Waals surface area contributed by atoms with Gasteiger partial charge < -0.3 is 4.74 Å². The van der Waals surface area contributed by atoms with Gasteiger partial charge in [0.15, 0.2) is 11.6 Å². The Bertz CT molecular complexity index is 567. The molecule has 0 aromatic heterocycles. The minimum atomic E-state index is -0.910. The van der Waals surface area contributed by atoms with Crippen molar-refractivity contribution in [1.29, 1.82) is 0 Å². The second-order valence-electron chi connectivity index (χ2n) is 3.95. The topological polar surface area (TPSA) is 9.23 Å². The standard InChI is InChI=1S/C14H11F3O/c1-9-6-11(15)3-5-14(9)18-8-10-2-4-12(16)13(17)7-10/h2-7H,8H2,1H3. The Morgan fingerprint density at radius 3 is 2.39 bits per heavy atom. The molecule has 0 heterocycles. The van der Waals surface area contributed by atoms with E-state index in [9.17, 15) is 13.2 Å². The zero-order valence-electron chi connectivity index (χ0n) is 9.71. The van der Waals surface area contributed by atoms with Gasteiger partial charge in [-0.25, -0.2) is 13.2 Å². The van der Waals surface area contributed by atoms with E-state index in [-0.39, 0.29) is 12.4 Å². The maximum absolute atomic E-state index is 13.0. The number of benzene rings is 2. The average molecular weight is 252 g/mol. The van der Waals surface area contributed by atoms with Crippen molar-refractivity contribution in [1.82, 2.24) is 0 Å². The molecule has 0 aliphatic heterocycles. The first-order valence-electron chi connectivity index (χ1n) is 5.39. The van der Waals surface area contributed by atoms with Crippen LogP contribution in [-0.4, -0.2) is 0 Å². The zero-order chi connectivity index (χ0) is 13.1. The Hall–Kier alpha value is -1.97. The first-order chi connectivity index (χ1) is 8.56. The van der Waals surface area contributed by atoms with Gasteiger partial charge in [-0.1, -0.05) is 6.07 Å². The molecule has 0 fully saturated rings. The monoisotopic (exact) mass is 252 g/mol. The molecule has 0 amide bonds. The van der Waals surface area contributed by atoms with Gasteiger partial charge in [-0.2, -0.15) is 0 Å². The lowest BCUT2D eigenvalue weighted by Crippen LogP contribution is -1.98. The van der Waals surface area contributed by atoms with Crippen LogP contribution in [0.3, 0.4) is 0 Å². The number of ether oxygens (including phenoxy) is 1. The fourth-order valence-electron chi connectivity index (χ4n) is 1.57. The summed E-state index contributed by atoms with van der Waals surface area (Å²) in [6.07, 6.45) is 0. The van der Waals surface area contributed by atoms with E-state index in [1.807, 2.05) is 0 Å². The van der Waals surface area contributed by atoms with Crippen LogP contribution in [0.4, 0.5) is 13.2 Å². The van der Waals surface area contributed by atoms with Gasteiger partial charge in [-0.05, 0) is 48.4 Å². The van der Waals surface area contributed by atoms with E-state index in [1.54, 1.807) is 6.92 Å². The average Bonchev–Trinajstić information content (AvgIpc) is 2.32. The minimum absolute atomic E-state index is 0.101. The molecular formula is C14H11F3O. The van der Waals surface area contributed by atoms with Gasteiger partial charge in [-0.3, -0.25) is 0 Å². The molecule has 0 saturated carbocycles. The summed E-state index contributed by atoms with van der Waals surface area (Å²) in [5, 5.41) is 0. The highest BCUT2D eigenvalue weighted by molar-refractivity contribution is 5.33. The van der Waals surface area contributed by atoms with Crippen LogP contribution in [-0.2, 0) is 6.61 Å². The third kappa shape index (κ3) is 2.83. The fourth-order valence-corrected chi connectivity index (χ4v) is 1.57. The number of aryl methyl sites for hydroxylation is 1. The molecular weight excluding hydrogens is 241 g/mol. The molecule has 0 unspecified atom stereocenters. The van der Waals surface area contributed by atoms with Crippen LogP contribution < -0.4 is 4.74 Å². The van der Waals surface area contributed by atoms with Crippen molar-refractivity contribution in [2.75, 3.05) is 0 Å². The summed E-state index contributed by atoms with van der Waals surface area (Å²) < 4.78 is 43.9. The highest BCUT2D eigenvalue weighted by atomic mass is 19.2. The van der Waals surface area contributed by atoms with E-state index in [0.717, 1.165) is 12.1 Å². The van der Waals surface area contributed by atoms with Crippen molar-refractivity contribution in [3.8, 4) is 5.75 Å². The quantitative estimate of drug-likeness (QED) is 0.802. The lowest BCUT2D eigenvalue weighted by molar-refractivity contribution is 0.302. The lowest BCUT2D eigenvalue weighted by atomic mass is 10.2. The Morgan fingerprint density at radius 1 is 0.944 bits per heavy atom. The van der Waals surface area contributed by atoms with Crippen LogP contribution in [0.25, 0.3) is 0 Å². The Kier molecular flexibility index (Phi) is 3.55. The Labute approximate surface area is 103 Å². The second-order valence-corrected chi connectivity index (χ2v) is 3.95. The fraction of sp³-hybridized carbons (Fsp3) is 0.143. The van der Waals surface area contributed by atoms with Crippen LogP contribution in [0.5, 0.6) is 5.75 Å². The van der Waals surface area contributed by atoms with Crippen molar-refractivity contribution in [2.24, 2.45) is 0 Å². The maximum Gasteiger partial charge on any atom is 0.159 e. The van der Waals surface area contributed by atoms with Crippen molar-refractivity contribution >= 4 is 0 Å². The second kappa shape index (κ2) is 5.12. The van der Waals surface area contributed by atoms with Gasteiger partial charge in [0.25, 0.3) is 0 Å². The van der Waals surface area contributed by atoms with Gasteiger partial charge in [0.05, 0.1) is 0 Å². The molecule has 18 heavy (non-hydrogen) atoms. The molecule has 2 aromatic rings. The number of rotatable bonds is 3. The van der Waals surface area contributed by atoms with E-state index in [0.29, 0.717) is 16.9 Å². The molecule has 0 saturated heterocycles. The summed E-state index contributed by atoms with van der Waals surface area (Å²) in [6.45, 7) is 1.81. The van der Waals surface area contributed by atoms with Gasteiger partial charge in [0.1, 0.15) is 18.2 Å². The van der Waals surface area contributed by atoms with Crippen LogP contribution in [0.2, 0.25) is 0 Å². The van der Waals surface area contributed by atoms with Crippen molar-refractivity contribution < 1.29 is 17.9 Å². The normalized spacial score (nSPS) is 10.4. The van der Waals surface area contributed by atoms with Crippen LogP contribution >= 0.6 is 0 Å². The van der Waals surface area contributed by atoms with E-state index in [1.165, 1.54) is 24.3 Å². The molecule has 0 aliphatic rings. The van der Waals surface area contributed by atoms with Crippen molar-refractivity contribution in [3.05, 3.63) is 65.0 Å². The van der Waals surface area contributed by atoms with E-state index in [2.05, 4.69) is 0 Å². The molecule has 0 N–H and O–H groups in total. The molecule has 0 radical (unpaired) electrons. The lowest BCUT2D eigenvalue weighted by Gasteiger charge is -2.09. The Balaban J connectivity index is 2.09. The molecule has 94 valence electrons. The molecule has 0 atom stereocenters.